The lowest BCUT2D eigenvalue weighted by Crippen LogP contribution is -2.62. The predicted octanol–water partition coefficient (Wildman–Crippen LogP) is 5.13. The molecule has 1 aromatic rings. The molecule has 3 rings (SSSR count). The summed E-state index contributed by atoms with van der Waals surface area (Å²) in [4.78, 5) is 0. The number of hydrogen-bond donors (Lipinski definition) is 1. The van der Waals surface area contributed by atoms with Crippen molar-refractivity contribution in [2.45, 2.75) is 57.6 Å². The molecule has 2 unspecified atom stereocenters. The number of ether oxygens (including phenoxy) is 1. The summed E-state index contributed by atoms with van der Waals surface area (Å²) in [5, 5.41) is 3.62. The monoisotopic (exact) mass is 355 g/mol. The second-order valence-corrected chi connectivity index (χ2v) is 7.15. The molecule has 2 nitrogen and oxygen atoms in total. The summed E-state index contributed by atoms with van der Waals surface area (Å²) in [6.07, 6.45) is 7.89. The zero-order valence-corrected chi connectivity index (χ0v) is 14.1. The normalized spacial score (nSPS) is 27.4. The van der Waals surface area contributed by atoms with Crippen LogP contribution in [-0.2, 0) is 4.74 Å². The highest BCUT2D eigenvalue weighted by molar-refractivity contribution is 9.10. The van der Waals surface area contributed by atoms with Crippen molar-refractivity contribution in [1.29, 1.82) is 0 Å². The van der Waals surface area contributed by atoms with Crippen molar-refractivity contribution < 1.29 is 9.13 Å². The van der Waals surface area contributed by atoms with E-state index in [2.05, 4.69) is 28.2 Å². The summed E-state index contributed by atoms with van der Waals surface area (Å²) in [6.45, 7) is 2.87. The molecule has 0 bridgehead atoms. The van der Waals surface area contributed by atoms with Crippen LogP contribution >= 0.6 is 15.9 Å². The fraction of sp³-hybridized carbons (Fsp3) is 0.647. The van der Waals surface area contributed by atoms with E-state index in [1.54, 1.807) is 0 Å². The van der Waals surface area contributed by atoms with E-state index >= 15 is 0 Å². The van der Waals surface area contributed by atoms with E-state index in [1.807, 2.05) is 12.1 Å². The van der Waals surface area contributed by atoms with Gasteiger partial charge in [-0.15, -0.1) is 0 Å². The molecule has 0 heterocycles. The van der Waals surface area contributed by atoms with Crippen molar-refractivity contribution in [2.75, 3.05) is 11.9 Å². The third kappa shape index (κ3) is 2.85. The van der Waals surface area contributed by atoms with Gasteiger partial charge in [-0.2, -0.15) is 0 Å². The molecular formula is C17H23BrFNO. The Bertz CT molecular complexity index is 502. The standard InChI is InChI=1S/C17H23BrFNO/c1-2-21-16-11-15(17(16)8-4-3-5-9-17)20-12-6-7-14(19)13(18)10-12/h6-7,10,15-16,20H,2-5,8-9,11H2,1H3. The Morgan fingerprint density at radius 2 is 2.10 bits per heavy atom. The first-order valence-electron chi connectivity index (χ1n) is 7.99. The highest BCUT2D eigenvalue weighted by atomic mass is 79.9. The first-order valence-corrected chi connectivity index (χ1v) is 8.78. The minimum absolute atomic E-state index is 0.214. The Morgan fingerprint density at radius 1 is 1.33 bits per heavy atom. The van der Waals surface area contributed by atoms with Gasteiger partial charge >= 0.3 is 0 Å². The zero-order valence-electron chi connectivity index (χ0n) is 12.5. The van der Waals surface area contributed by atoms with Gasteiger partial charge < -0.3 is 10.1 Å². The van der Waals surface area contributed by atoms with Crippen molar-refractivity contribution in [3.8, 4) is 0 Å². The van der Waals surface area contributed by atoms with Gasteiger partial charge in [0.25, 0.3) is 0 Å². The fourth-order valence-corrected chi connectivity index (χ4v) is 4.43. The van der Waals surface area contributed by atoms with E-state index in [4.69, 9.17) is 4.74 Å². The van der Waals surface area contributed by atoms with Crippen molar-refractivity contribution >= 4 is 21.6 Å². The average molecular weight is 356 g/mol. The molecule has 2 fully saturated rings. The van der Waals surface area contributed by atoms with Gasteiger partial charge in [-0.05, 0) is 60.3 Å². The third-order valence-corrected chi connectivity index (χ3v) is 5.81. The van der Waals surface area contributed by atoms with Gasteiger partial charge in [-0.3, -0.25) is 0 Å². The van der Waals surface area contributed by atoms with Crippen molar-refractivity contribution in [3.63, 3.8) is 0 Å². The van der Waals surface area contributed by atoms with Crippen molar-refractivity contribution in [1.82, 2.24) is 0 Å². The minimum Gasteiger partial charge on any atom is -0.382 e. The van der Waals surface area contributed by atoms with Crippen LogP contribution in [0.15, 0.2) is 22.7 Å². The second kappa shape index (κ2) is 6.25. The number of rotatable bonds is 4. The van der Waals surface area contributed by atoms with Gasteiger partial charge in [0, 0.05) is 23.8 Å². The maximum atomic E-state index is 13.3. The van der Waals surface area contributed by atoms with E-state index in [0.29, 0.717) is 16.6 Å². The van der Waals surface area contributed by atoms with Gasteiger partial charge in [0.1, 0.15) is 5.82 Å². The Hall–Kier alpha value is -0.610. The summed E-state index contributed by atoms with van der Waals surface area (Å²) in [5.41, 5.74) is 1.28. The third-order valence-electron chi connectivity index (χ3n) is 5.20. The van der Waals surface area contributed by atoms with Crippen molar-refractivity contribution in [3.05, 3.63) is 28.5 Å². The molecule has 1 N–H and O–H groups in total. The van der Waals surface area contributed by atoms with Crippen LogP contribution in [0.25, 0.3) is 0 Å². The van der Waals surface area contributed by atoms with Crippen LogP contribution in [0.3, 0.4) is 0 Å². The molecular weight excluding hydrogens is 333 g/mol. The van der Waals surface area contributed by atoms with Crippen molar-refractivity contribution in [2.24, 2.45) is 5.41 Å². The minimum atomic E-state index is -0.214. The molecule has 2 saturated carbocycles. The molecule has 0 aromatic heterocycles. The summed E-state index contributed by atoms with van der Waals surface area (Å²) in [6, 6.07) is 5.62. The maximum Gasteiger partial charge on any atom is 0.137 e. The van der Waals surface area contributed by atoms with Crippen LogP contribution in [0.4, 0.5) is 10.1 Å². The molecule has 21 heavy (non-hydrogen) atoms. The summed E-state index contributed by atoms with van der Waals surface area (Å²) in [7, 11) is 0. The van der Waals surface area contributed by atoms with Gasteiger partial charge in [0.05, 0.1) is 10.6 Å². The van der Waals surface area contributed by atoms with Crippen LogP contribution in [0.5, 0.6) is 0 Å². The Balaban J connectivity index is 1.73. The number of hydrogen-bond acceptors (Lipinski definition) is 2. The van der Waals surface area contributed by atoms with Gasteiger partial charge in [-0.25, -0.2) is 4.39 Å². The Labute approximate surface area is 134 Å². The first-order chi connectivity index (χ1) is 10.2. The van der Waals surface area contributed by atoms with Crippen LogP contribution in [0.1, 0.15) is 45.4 Å². The molecule has 0 aliphatic heterocycles. The van der Waals surface area contributed by atoms with Crippen LogP contribution in [0.2, 0.25) is 0 Å². The van der Waals surface area contributed by atoms with E-state index < -0.39 is 0 Å². The molecule has 1 spiro atoms. The lowest BCUT2D eigenvalue weighted by Gasteiger charge is -2.58. The molecule has 0 amide bonds. The Morgan fingerprint density at radius 3 is 2.76 bits per heavy atom. The lowest BCUT2D eigenvalue weighted by molar-refractivity contribution is -0.134. The number of halogens is 2. The molecule has 0 saturated heterocycles. The second-order valence-electron chi connectivity index (χ2n) is 6.30. The zero-order chi connectivity index (χ0) is 14.9. The maximum absolute atomic E-state index is 13.3. The van der Waals surface area contributed by atoms with Crippen LogP contribution in [-0.4, -0.2) is 18.8 Å². The fourth-order valence-electron chi connectivity index (χ4n) is 4.05. The number of anilines is 1. The first kappa shape index (κ1) is 15.3. The molecule has 2 aliphatic carbocycles. The molecule has 2 atom stereocenters. The average Bonchev–Trinajstić information content (AvgIpc) is 2.50. The summed E-state index contributed by atoms with van der Waals surface area (Å²) < 4.78 is 19.8. The SMILES string of the molecule is CCOC1CC(Nc2ccc(F)c(Br)c2)C12CCCCC2. The number of nitrogens with one attached hydrogen (secondary N) is 1. The van der Waals surface area contributed by atoms with Gasteiger partial charge in [0.2, 0.25) is 0 Å². The van der Waals surface area contributed by atoms with E-state index in [-0.39, 0.29) is 11.2 Å². The highest BCUT2D eigenvalue weighted by Gasteiger charge is 2.55. The molecule has 116 valence electrons. The van der Waals surface area contributed by atoms with Gasteiger partial charge in [0.15, 0.2) is 0 Å². The smallest absolute Gasteiger partial charge is 0.137 e. The van der Waals surface area contributed by atoms with E-state index in [9.17, 15) is 4.39 Å². The predicted molar refractivity (Wildman–Crippen MR) is 87.1 cm³/mol. The van der Waals surface area contributed by atoms with Crippen LogP contribution < -0.4 is 5.32 Å². The lowest BCUT2D eigenvalue weighted by atomic mass is 9.55. The van der Waals surface area contributed by atoms with Gasteiger partial charge in [-0.1, -0.05) is 19.3 Å². The summed E-state index contributed by atoms with van der Waals surface area (Å²) >= 11 is 3.26. The quantitative estimate of drug-likeness (QED) is 0.808. The highest BCUT2D eigenvalue weighted by Crippen LogP contribution is 2.54. The Kier molecular flexibility index (Phi) is 4.55. The molecule has 4 heteroatoms. The van der Waals surface area contributed by atoms with E-state index in [1.165, 1.54) is 38.2 Å². The molecule has 0 radical (unpaired) electrons. The van der Waals surface area contributed by atoms with Crippen LogP contribution in [0, 0.1) is 11.2 Å². The molecule has 1 aromatic carbocycles. The van der Waals surface area contributed by atoms with E-state index in [0.717, 1.165) is 18.7 Å². The summed E-state index contributed by atoms with van der Waals surface area (Å²) in [5.74, 6) is -0.214. The number of benzene rings is 1. The largest absolute Gasteiger partial charge is 0.382 e. The molecule has 2 aliphatic rings. The topological polar surface area (TPSA) is 21.3 Å².